The lowest BCUT2D eigenvalue weighted by Crippen LogP contribution is -2.23. The van der Waals surface area contributed by atoms with Gasteiger partial charge in [0.25, 0.3) is 0 Å². The molecule has 2 N–H and O–H groups in total. The fraction of sp³-hybridized carbons (Fsp3) is 0.818. The van der Waals surface area contributed by atoms with Crippen molar-refractivity contribution in [1.29, 1.82) is 0 Å². The van der Waals surface area contributed by atoms with E-state index in [0.29, 0.717) is 12.6 Å². The highest BCUT2D eigenvalue weighted by atomic mass is 16.5. The highest BCUT2D eigenvalue weighted by Gasteiger charge is 2.18. The van der Waals surface area contributed by atoms with E-state index >= 15 is 0 Å². The zero-order valence-corrected chi connectivity index (χ0v) is 9.85. The minimum atomic E-state index is 0.314. The van der Waals surface area contributed by atoms with Crippen LogP contribution in [0.5, 0.6) is 0 Å². The third-order valence-corrected chi connectivity index (χ3v) is 3.09. The Morgan fingerprint density at radius 2 is 2.19 bits per heavy atom. The molecule has 16 heavy (non-hydrogen) atoms. The van der Waals surface area contributed by atoms with E-state index in [0.717, 1.165) is 37.6 Å². The molecule has 1 aromatic heterocycles. The van der Waals surface area contributed by atoms with Crippen molar-refractivity contribution in [2.24, 2.45) is 5.73 Å². The van der Waals surface area contributed by atoms with E-state index in [-0.39, 0.29) is 0 Å². The standard InChI is InChI=1S/C11H20N4O/c1-2-15-10(13-14-11(15)8-12)7-9-5-3-4-6-16-9/h9H,2-8,12H2,1H3. The Morgan fingerprint density at radius 3 is 2.81 bits per heavy atom. The molecule has 0 saturated carbocycles. The number of aromatic nitrogens is 3. The molecule has 1 atom stereocenters. The van der Waals surface area contributed by atoms with Gasteiger partial charge in [0, 0.05) is 19.6 Å². The smallest absolute Gasteiger partial charge is 0.146 e. The van der Waals surface area contributed by atoms with E-state index in [1.54, 1.807) is 0 Å². The molecule has 0 aromatic carbocycles. The second-order valence-corrected chi connectivity index (χ2v) is 4.17. The second kappa shape index (κ2) is 5.41. The lowest BCUT2D eigenvalue weighted by molar-refractivity contribution is 0.0151. The van der Waals surface area contributed by atoms with Gasteiger partial charge in [-0.3, -0.25) is 0 Å². The Morgan fingerprint density at radius 1 is 1.38 bits per heavy atom. The fourth-order valence-electron chi connectivity index (χ4n) is 2.21. The Bertz CT molecular complexity index is 331. The Kier molecular flexibility index (Phi) is 3.90. The molecule has 0 bridgehead atoms. The van der Waals surface area contributed by atoms with Gasteiger partial charge in [-0.15, -0.1) is 10.2 Å². The van der Waals surface area contributed by atoms with Gasteiger partial charge in [0.15, 0.2) is 0 Å². The number of ether oxygens (including phenoxy) is 1. The summed E-state index contributed by atoms with van der Waals surface area (Å²) in [5.41, 5.74) is 5.62. The van der Waals surface area contributed by atoms with Crippen LogP contribution in [0.1, 0.15) is 37.8 Å². The van der Waals surface area contributed by atoms with Crippen molar-refractivity contribution in [3.63, 3.8) is 0 Å². The highest BCUT2D eigenvalue weighted by molar-refractivity contribution is 4.97. The van der Waals surface area contributed by atoms with Gasteiger partial charge in [0.1, 0.15) is 11.6 Å². The van der Waals surface area contributed by atoms with Crippen LogP contribution in [0, 0.1) is 0 Å². The second-order valence-electron chi connectivity index (χ2n) is 4.17. The van der Waals surface area contributed by atoms with E-state index in [1.807, 2.05) is 0 Å². The summed E-state index contributed by atoms with van der Waals surface area (Å²) in [6, 6.07) is 0. The number of nitrogens with zero attached hydrogens (tertiary/aromatic N) is 3. The van der Waals surface area contributed by atoms with Crippen LogP contribution in [0.2, 0.25) is 0 Å². The van der Waals surface area contributed by atoms with Crippen molar-refractivity contribution in [2.45, 2.75) is 51.8 Å². The molecule has 0 spiro atoms. The van der Waals surface area contributed by atoms with E-state index in [1.165, 1.54) is 12.8 Å². The first kappa shape index (κ1) is 11.5. The summed E-state index contributed by atoms with van der Waals surface area (Å²) in [6.45, 7) is 4.30. The van der Waals surface area contributed by atoms with Gasteiger partial charge >= 0.3 is 0 Å². The molecule has 1 aromatic rings. The normalized spacial score (nSPS) is 21.2. The first-order chi connectivity index (χ1) is 7.85. The molecule has 2 rings (SSSR count). The molecular weight excluding hydrogens is 204 g/mol. The van der Waals surface area contributed by atoms with Crippen molar-refractivity contribution in [2.75, 3.05) is 6.61 Å². The van der Waals surface area contributed by atoms with E-state index in [4.69, 9.17) is 10.5 Å². The van der Waals surface area contributed by atoms with E-state index in [9.17, 15) is 0 Å². The molecule has 5 heteroatoms. The average Bonchev–Trinajstić information content (AvgIpc) is 2.72. The summed E-state index contributed by atoms with van der Waals surface area (Å²) in [5, 5.41) is 8.31. The SMILES string of the molecule is CCn1c(CN)nnc1CC1CCCCO1. The number of hydrogen-bond donors (Lipinski definition) is 1. The molecule has 1 fully saturated rings. The van der Waals surface area contributed by atoms with Gasteiger partial charge in [-0.1, -0.05) is 0 Å². The summed E-state index contributed by atoms with van der Waals surface area (Å²) in [6.07, 6.45) is 4.75. The van der Waals surface area contributed by atoms with Crippen molar-refractivity contribution >= 4 is 0 Å². The minimum Gasteiger partial charge on any atom is -0.378 e. The largest absolute Gasteiger partial charge is 0.378 e. The summed E-state index contributed by atoms with van der Waals surface area (Å²) >= 11 is 0. The van der Waals surface area contributed by atoms with Gasteiger partial charge in [-0.2, -0.15) is 0 Å². The van der Waals surface area contributed by atoms with E-state index < -0.39 is 0 Å². The van der Waals surface area contributed by atoms with E-state index in [2.05, 4.69) is 21.7 Å². The van der Waals surface area contributed by atoms with Gasteiger partial charge < -0.3 is 15.0 Å². The number of hydrogen-bond acceptors (Lipinski definition) is 4. The molecule has 0 radical (unpaired) electrons. The highest BCUT2D eigenvalue weighted by Crippen LogP contribution is 2.16. The summed E-state index contributed by atoms with van der Waals surface area (Å²) in [5.74, 6) is 1.88. The Balaban J connectivity index is 2.05. The molecule has 5 nitrogen and oxygen atoms in total. The van der Waals surface area contributed by atoms with Crippen LogP contribution in [-0.2, 0) is 24.2 Å². The first-order valence-electron chi connectivity index (χ1n) is 6.07. The van der Waals surface area contributed by atoms with Crippen molar-refractivity contribution < 1.29 is 4.74 Å². The number of rotatable bonds is 4. The predicted molar refractivity (Wildman–Crippen MR) is 60.9 cm³/mol. The maximum atomic E-state index is 5.71. The zero-order valence-electron chi connectivity index (χ0n) is 9.85. The Hall–Kier alpha value is -0.940. The van der Waals surface area contributed by atoms with Crippen LogP contribution in [0.25, 0.3) is 0 Å². The molecule has 1 aliphatic rings. The average molecular weight is 224 g/mol. The summed E-state index contributed by atoms with van der Waals surface area (Å²) in [7, 11) is 0. The first-order valence-corrected chi connectivity index (χ1v) is 6.07. The van der Waals surface area contributed by atoms with Gasteiger partial charge in [0.2, 0.25) is 0 Å². The molecule has 0 aliphatic carbocycles. The van der Waals surface area contributed by atoms with Gasteiger partial charge in [0.05, 0.1) is 12.6 Å². The maximum Gasteiger partial charge on any atom is 0.146 e. The van der Waals surface area contributed by atoms with Gasteiger partial charge in [-0.05, 0) is 26.2 Å². The van der Waals surface area contributed by atoms with Crippen LogP contribution < -0.4 is 5.73 Å². The van der Waals surface area contributed by atoms with Crippen molar-refractivity contribution in [3.8, 4) is 0 Å². The molecule has 90 valence electrons. The van der Waals surface area contributed by atoms with Crippen LogP contribution >= 0.6 is 0 Å². The monoisotopic (exact) mass is 224 g/mol. The zero-order chi connectivity index (χ0) is 11.4. The van der Waals surface area contributed by atoms with Crippen LogP contribution in [-0.4, -0.2) is 27.5 Å². The van der Waals surface area contributed by atoms with Gasteiger partial charge in [-0.25, -0.2) is 0 Å². The van der Waals surface area contributed by atoms with Crippen LogP contribution in [0.15, 0.2) is 0 Å². The summed E-state index contributed by atoms with van der Waals surface area (Å²) in [4.78, 5) is 0. The summed E-state index contributed by atoms with van der Waals surface area (Å²) < 4.78 is 7.81. The quantitative estimate of drug-likeness (QED) is 0.824. The molecule has 2 heterocycles. The lowest BCUT2D eigenvalue weighted by atomic mass is 10.1. The molecule has 1 aliphatic heterocycles. The van der Waals surface area contributed by atoms with Crippen molar-refractivity contribution in [3.05, 3.63) is 11.6 Å². The number of nitrogens with two attached hydrogens (primary N) is 1. The van der Waals surface area contributed by atoms with Crippen molar-refractivity contribution in [1.82, 2.24) is 14.8 Å². The van der Waals surface area contributed by atoms with Crippen LogP contribution in [0.4, 0.5) is 0 Å². The third kappa shape index (κ3) is 2.41. The third-order valence-electron chi connectivity index (χ3n) is 3.09. The minimum absolute atomic E-state index is 0.314. The molecular formula is C11H20N4O. The fourth-order valence-corrected chi connectivity index (χ4v) is 2.21. The molecule has 0 amide bonds. The lowest BCUT2D eigenvalue weighted by Gasteiger charge is -2.22. The molecule has 1 unspecified atom stereocenters. The Labute approximate surface area is 96.0 Å². The van der Waals surface area contributed by atoms with Crippen LogP contribution in [0.3, 0.4) is 0 Å². The molecule has 1 saturated heterocycles. The maximum absolute atomic E-state index is 5.71. The topological polar surface area (TPSA) is 66.0 Å². The predicted octanol–water partition coefficient (Wildman–Crippen LogP) is 0.868.